The summed E-state index contributed by atoms with van der Waals surface area (Å²) in [6.45, 7) is 1.88. The van der Waals surface area contributed by atoms with Gasteiger partial charge in [-0.25, -0.2) is 0 Å². The first kappa shape index (κ1) is 25.1. The molecule has 0 spiro atoms. The van der Waals surface area contributed by atoms with E-state index >= 15 is 0 Å². The number of rotatable bonds is 6. The lowest BCUT2D eigenvalue weighted by Gasteiger charge is -2.17. The summed E-state index contributed by atoms with van der Waals surface area (Å²) in [7, 11) is 1.59. The van der Waals surface area contributed by atoms with Crippen molar-refractivity contribution in [2.24, 2.45) is 0 Å². The Kier molecular flexibility index (Phi) is 7.66. The fourth-order valence-corrected chi connectivity index (χ4v) is 4.89. The van der Waals surface area contributed by atoms with Crippen molar-refractivity contribution >= 4 is 61.5 Å². The third-order valence-electron chi connectivity index (χ3n) is 5.87. The first-order valence-electron chi connectivity index (χ1n) is 10.8. The Labute approximate surface area is 222 Å². The number of benzene rings is 4. The highest BCUT2D eigenvalue weighted by atomic mass is 79.9. The van der Waals surface area contributed by atoms with E-state index in [1.165, 1.54) is 0 Å². The molecule has 4 rings (SSSR count). The Hall–Kier alpha value is -3.04. The Bertz CT molecular complexity index is 1460. The molecule has 0 aliphatic heterocycles. The number of carbonyl (C=O) groups is 1. The van der Waals surface area contributed by atoms with Gasteiger partial charge in [-0.2, -0.15) is 5.26 Å². The van der Waals surface area contributed by atoms with Crippen LogP contribution in [0.2, 0.25) is 10.0 Å². The van der Waals surface area contributed by atoms with Crippen LogP contribution in [0.3, 0.4) is 0 Å². The van der Waals surface area contributed by atoms with Crippen LogP contribution in [0.5, 0.6) is 5.75 Å². The number of anilines is 1. The lowest BCUT2D eigenvalue weighted by molar-refractivity contribution is -0.115. The summed E-state index contributed by atoms with van der Waals surface area (Å²) in [5.41, 5.74) is 3.68. The molecule has 0 heterocycles. The second-order valence-corrected chi connectivity index (χ2v) is 9.90. The molecule has 0 bridgehead atoms. The molecule has 4 aromatic carbocycles. The summed E-state index contributed by atoms with van der Waals surface area (Å²) in [6.07, 6.45) is 0.131. The lowest BCUT2D eigenvalue weighted by atomic mass is 9.91. The summed E-state index contributed by atoms with van der Waals surface area (Å²) < 4.78 is 6.49. The van der Waals surface area contributed by atoms with Gasteiger partial charge in [0.05, 0.1) is 25.5 Å². The number of amides is 1. The minimum atomic E-state index is -0.553. The van der Waals surface area contributed by atoms with Gasteiger partial charge >= 0.3 is 0 Å². The van der Waals surface area contributed by atoms with E-state index in [1.807, 2.05) is 55.5 Å². The topological polar surface area (TPSA) is 62.1 Å². The van der Waals surface area contributed by atoms with E-state index < -0.39 is 5.92 Å². The largest absolute Gasteiger partial charge is 0.496 e. The standard InChI is InChI=1S/C28H21BrCl2N2O2/c1-16-11-22(24(15-32)17-3-7-20(30)8-4-17)25(31)14-26(16)33-28(34)13-23-21-9-6-19(29)12-18(21)5-10-27(23)35-2/h3-12,14,24H,13H2,1-2H3,(H,33,34)/t24-/m1/s1. The summed E-state index contributed by atoms with van der Waals surface area (Å²) in [5, 5.41) is 15.8. The fraction of sp³-hybridized carbons (Fsp3) is 0.143. The number of hydrogen-bond donors (Lipinski definition) is 1. The van der Waals surface area contributed by atoms with Crippen LogP contribution in [-0.4, -0.2) is 13.0 Å². The number of aryl methyl sites for hydroxylation is 1. The fourth-order valence-electron chi connectivity index (χ4n) is 4.11. The van der Waals surface area contributed by atoms with Crippen LogP contribution in [0.15, 0.2) is 71.2 Å². The molecule has 4 nitrogen and oxygen atoms in total. The molecular formula is C28H21BrCl2N2O2. The summed E-state index contributed by atoms with van der Waals surface area (Å²) in [4.78, 5) is 13.1. The maximum Gasteiger partial charge on any atom is 0.228 e. The minimum absolute atomic E-state index is 0.131. The van der Waals surface area contributed by atoms with E-state index in [-0.39, 0.29) is 12.3 Å². The molecule has 0 fully saturated rings. The van der Waals surface area contributed by atoms with Crippen molar-refractivity contribution in [2.75, 3.05) is 12.4 Å². The molecule has 7 heteroatoms. The normalized spacial score (nSPS) is 11.7. The van der Waals surface area contributed by atoms with Crippen LogP contribution in [0.4, 0.5) is 5.69 Å². The first-order chi connectivity index (χ1) is 16.8. The van der Waals surface area contributed by atoms with Gasteiger partial charge in [0.15, 0.2) is 0 Å². The third kappa shape index (κ3) is 5.46. The monoisotopic (exact) mass is 566 g/mol. The van der Waals surface area contributed by atoms with Crippen LogP contribution in [0.1, 0.15) is 28.2 Å². The Balaban J connectivity index is 1.61. The van der Waals surface area contributed by atoms with Gasteiger partial charge in [-0.3, -0.25) is 4.79 Å². The summed E-state index contributed by atoms with van der Waals surface area (Å²) in [6, 6.07) is 22.7. The van der Waals surface area contributed by atoms with Crippen molar-refractivity contribution in [1.82, 2.24) is 0 Å². The number of nitriles is 1. The van der Waals surface area contributed by atoms with Crippen molar-refractivity contribution in [3.05, 3.63) is 104 Å². The zero-order valence-corrected chi connectivity index (χ0v) is 22.1. The average Bonchev–Trinajstić information content (AvgIpc) is 2.83. The number of hydrogen-bond acceptors (Lipinski definition) is 3. The number of carbonyl (C=O) groups excluding carboxylic acids is 1. The van der Waals surface area contributed by atoms with Crippen LogP contribution >= 0.6 is 39.1 Å². The molecule has 0 aliphatic carbocycles. The molecule has 1 atom stereocenters. The predicted octanol–water partition coefficient (Wildman–Crippen LogP) is 8.06. The van der Waals surface area contributed by atoms with E-state index in [9.17, 15) is 10.1 Å². The van der Waals surface area contributed by atoms with Gasteiger partial charge in [-0.15, -0.1) is 0 Å². The van der Waals surface area contributed by atoms with Gasteiger partial charge in [0.25, 0.3) is 0 Å². The lowest BCUT2D eigenvalue weighted by Crippen LogP contribution is -2.16. The van der Waals surface area contributed by atoms with Gasteiger partial charge in [0.1, 0.15) is 5.75 Å². The molecule has 0 saturated carbocycles. The highest BCUT2D eigenvalue weighted by molar-refractivity contribution is 9.10. The Morgan fingerprint density at radius 2 is 1.83 bits per heavy atom. The first-order valence-corrected chi connectivity index (χ1v) is 12.4. The Morgan fingerprint density at radius 1 is 1.09 bits per heavy atom. The van der Waals surface area contributed by atoms with Crippen molar-refractivity contribution in [2.45, 2.75) is 19.3 Å². The second kappa shape index (κ2) is 10.7. The molecule has 0 radical (unpaired) electrons. The molecule has 0 saturated heterocycles. The number of fused-ring (bicyclic) bond motifs is 1. The van der Waals surface area contributed by atoms with Crippen LogP contribution in [-0.2, 0) is 11.2 Å². The number of ether oxygens (including phenoxy) is 1. The van der Waals surface area contributed by atoms with Crippen LogP contribution in [0.25, 0.3) is 10.8 Å². The molecule has 4 aromatic rings. The van der Waals surface area contributed by atoms with E-state index in [1.54, 1.807) is 25.3 Å². The molecule has 35 heavy (non-hydrogen) atoms. The molecule has 0 aliphatic rings. The van der Waals surface area contributed by atoms with Gasteiger partial charge in [-0.1, -0.05) is 69.5 Å². The molecule has 1 amide bonds. The number of halogens is 3. The highest BCUT2D eigenvalue weighted by Gasteiger charge is 2.20. The zero-order chi connectivity index (χ0) is 25.1. The van der Waals surface area contributed by atoms with E-state index in [0.29, 0.717) is 27.0 Å². The average molecular weight is 568 g/mol. The van der Waals surface area contributed by atoms with Gasteiger partial charge < -0.3 is 10.1 Å². The minimum Gasteiger partial charge on any atom is -0.496 e. The van der Waals surface area contributed by atoms with Gasteiger partial charge in [0, 0.05) is 25.8 Å². The number of nitrogens with zero attached hydrogens (tertiary/aromatic N) is 1. The second-order valence-electron chi connectivity index (χ2n) is 8.14. The third-order valence-corrected chi connectivity index (χ3v) is 6.94. The maximum absolute atomic E-state index is 13.1. The SMILES string of the molecule is COc1ccc2cc(Br)ccc2c1CC(=O)Nc1cc(Cl)c([C@H](C#N)c2ccc(Cl)cc2)cc1C. The van der Waals surface area contributed by atoms with Crippen molar-refractivity contribution in [3.63, 3.8) is 0 Å². The number of methoxy groups -OCH3 is 1. The van der Waals surface area contributed by atoms with Crippen molar-refractivity contribution < 1.29 is 9.53 Å². The zero-order valence-electron chi connectivity index (χ0n) is 19.0. The van der Waals surface area contributed by atoms with Crippen molar-refractivity contribution in [3.8, 4) is 11.8 Å². The molecule has 0 aromatic heterocycles. The quantitative estimate of drug-likeness (QED) is 0.256. The van der Waals surface area contributed by atoms with Crippen LogP contribution < -0.4 is 10.1 Å². The van der Waals surface area contributed by atoms with Gasteiger partial charge in [0.2, 0.25) is 5.91 Å². The molecule has 176 valence electrons. The summed E-state index contributed by atoms with van der Waals surface area (Å²) >= 11 is 16.1. The highest BCUT2D eigenvalue weighted by Crippen LogP contribution is 2.35. The molecule has 0 unspecified atom stereocenters. The summed E-state index contributed by atoms with van der Waals surface area (Å²) in [5.74, 6) is -0.0949. The predicted molar refractivity (Wildman–Crippen MR) is 146 cm³/mol. The van der Waals surface area contributed by atoms with E-state index in [0.717, 1.165) is 31.9 Å². The van der Waals surface area contributed by atoms with Gasteiger partial charge in [-0.05, 0) is 70.8 Å². The number of nitrogens with one attached hydrogen (secondary N) is 1. The maximum atomic E-state index is 13.1. The van der Waals surface area contributed by atoms with E-state index in [2.05, 4.69) is 27.3 Å². The smallest absolute Gasteiger partial charge is 0.228 e. The van der Waals surface area contributed by atoms with E-state index in [4.69, 9.17) is 27.9 Å². The van der Waals surface area contributed by atoms with Crippen LogP contribution in [0, 0.1) is 18.3 Å². The molecular weight excluding hydrogens is 547 g/mol. The Morgan fingerprint density at radius 3 is 2.51 bits per heavy atom. The van der Waals surface area contributed by atoms with Crippen molar-refractivity contribution in [1.29, 1.82) is 5.26 Å². The molecule has 1 N–H and O–H groups in total.